The van der Waals surface area contributed by atoms with Crippen LogP contribution in [-0.4, -0.2) is 36.9 Å². The number of ether oxygens (including phenoxy) is 4. The second kappa shape index (κ2) is 9.50. The van der Waals surface area contributed by atoms with Gasteiger partial charge in [0.15, 0.2) is 18.1 Å². The summed E-state index contributed by atoms with van der Waals surface area (Å²) in [6.45, 7) is 4.89. The van der Waals surface area contributed by atoms with E-state index in [4.69, 9.17) is 29.8 Å². The number of allylic oxidation sites excluding steroid dienone is 2. The number of hydrogen-bond donors (Lipinski definition) is 2. The molecule has 3 N–H and O–H groups in total. The fourth-order valence-electron chi connectivity index (χ4n) is 2.92. The van der Waals surface area contributed by atoms with E-state index < -0.39 is 24.5 Å². The average molecular weight is 402 g/mol. The zero-order valence-electron chi connectivity index (χ0n) is 16.4. The molecule has 0 amide bonds. The van der Waals surface area contributed by atoms with Crippen molar-refractivity contribution in [3.8, 4) is 17.6 Å². The molecule has 9 heteroatoms. The quantitative estimate of drug-likeness (QED) is 0.626. The van der Waals surface area contributed by atoms with Crippen molar-refractivity contribution in [3.63, 3.8) is 0 Å². The van der Waals surface area contributed by atoms with Crippen molar-refractivity contribution in [1.29, 1.82) is 5.26 Å². The number of carboxylic acids is 1. The van der Waals surface area contributed by atoms with Gasteiger partial charge in [0.05, 0.1) is 24.7 Å². The molecule has 1 aliphatic heterocycles. The van der Waals surface area contributed by atoms with Crippen LogP contribution in [0.5, 0.6) is 11.5 Å². The maximum absolute atomic E-state index is 12.6. The van der Waals surface area contributed by atoms with Crippen LogP contribution in [0.1, 0.15) is 32.3 Å². The van der Waals surface area contributed by atoms with E-state index in [2.05, 4.69) is 0 Å². The molecule has 29 heavy (non-hydrogen) atoms. The highest BCUT2D eigenvalue weighted by Crippen LogP contribution is 2.42. The van der Waals surface area contributed by atoms with Crippen LogP contribution in [0.15, 0.2) is 41.0 Å². The van der Waals surface area contributed by atoms with Gasteiger partial charge in [-0.05, 0) is 38.5 Å². The standard InChI is InChI=1S/C20H22N2O7/c1-4-26-15-8-12(6-7-14(15)28-10-16(23)24)18-13(9-21)19(22)29-11(3)17(18)20(25)27-5-2/h6-8,18H,4-5,10,22H2,1-3H3,(H,23,24). The van der Waals surface area contributed by atoms with Crippen LogP contribution in [0.2, 0.25) is 0 Å². The maximum Gasteiger partial charge on any atom is 0.341 e. The van der Waals surface area contributed by atoms with E-state index in [0.29, 0.717) is 12.2 Å². The van der Waals surface area contributed by atoms with Gasteiger partial charge in [-0.25, -0.2) is 9.59 Å². The predicted octanol–water partition coefficient (Wildman–Crippen LogP) is 2.19. The summed E-state index contributed by atoms with van der Waals surface area (Å²) >= 11 is 0. The summed E-state index contributed by atoms with van der Waals surface area (Å²) in [4.78, 5) is 23.4. The number of hydrogen-bond acceptors (Lipinski definition) is 8. The molecule has 1 heterocycles. The van der Waals surface area contributed by atoms with Crippen molar-refractivity contribution in [2.75, 3.05) is 19.8 Å². The van der Waals surface area contributed by atoms with Crippen LogP contribution in [0, 0.1) is 11.3 Å². The van der Waals surface area contributed by atoms with Gasteiger partial charge in [-0.15, -0.1) is 0 Å². The van der Waals surface area contributed by atoms with Gasteiger partial charge in [-0.1, -0.05) is 6.07 Å². The highest BCUT2D eigenvalue weighted by atomic mass is 16.5. The van der Waals surface area contributed by atoms with Crippen LogP contribution < -0.4 is 15.2 Å². The largest absolute Gasteiger partial charge is 0.490 e. The first-order valence-corrected chi connectivity index (χ1v) is 8.90. The summed E-state index contributed by atoms with van der Waals surface area (Å²) in [6.07, 6.45) is 0. The van der Waals surface area contributed by atoms with E-state index in [0.717, 1.165) is 0 Å². The third-order valence-electron chi connectivity index (χ3n) is 4.05. The van der Waals surface area contributed by atoms with Gasteiger partial charge in [0, 0.05) is 0 Å². The van der Waals surface area contributed by atoms with Crippen LogP contribution in [0.25, 0.3) is 0 Å². The predicted molar refractivity (Wildman–Crippen MR) is 101 cm³/mol. The molecule has 0 saturated carbocycles. The Kier molecular flexibility index (Phi) is 7.09. The molecule has 0 radical (unpaired) electrons. The smallest absolute Gasteiger partial charge is 0.341 e. The van der Waals surface area contributed by atoms with E-state index in [1.807, 2.05) is 6.07 Å². The van der Waals surface area contributed by atoms with Crippen molar-refractivity contribution in [1.82, 2.24) is 0 Å². The van der Waals surface area contributed by atoms with Crippen LogP contribution in [0.4, 0.5) is 0 Å². The molecule has 1 atom stereocenters. The topological polar surface area (TPSA) is 141 Å². The van der Waals surface area contributed by atoms with Crippen molar-refractivity contribution >= 4 is 11.9 Å². The van der Waals surface area contributed by atoms with E-state index >= 15 is 0 Å². The number of carbonyl (C=O) groups is 2. The van der Waals surface area contributed by atoms with Crippen LogP contribution in [0.3, 0.4) is 0 Å². The second-order valence-electron chi connectivity index (χ2n) is 5.94. The van der Waals surface area contributed by atoms with Crippen LogP contribution >= 0.6 is 0 Å². The fraction of sp³-hybridized carbons (Fsp3) is 0.350. The van der Waals surface area contributed by atoms with E-state index in [1.54, 1.807) is 32.9 Å². The lowest BCUT2D eigenvalue weighted by Crippen LogP contribution is -2.25. The van der Waals surface area contributed by atoms with Gasteiger partial charge in [0.25, 0.3) is 0 Å². The molecule has 0 bridgehead atoms. The minimum absolute atomic E-state index is 0.0558. The van der Waals surface area contributed by atoms with E-state index in [1.165, 1.54) is 6.07 Å². The molecule has 0 aliphatic carbocycles. The number of nitrogens with zero attached hydrogens (tertiary/aromatic N) is 1. The fourth-order valence-corrected chi connectivity index (χ4v) is 2.92. The molecule has 0 fully saturated rings. The number of benzene rings is 1. The number of carbonyl (C=O) groups excluding carboxylic acids is 1. The minimum Gasteiger partial charge on any atom is -0.490 e. The molecular weight excluding hydrogens is 380 g/mol. The number of rotatable bonds is 8. The molecule has 2 rings (SSSR count). The monoisotopic (exact) mass is 402 g/mol. The summed E-state index contributed by atoms with van der Waals surface area (Å²) < 4.78 is 21.3. The molecule has 1 aliphatic rings. The number of esters is 1. The van der Waals surface area contributed by atoms with Crippen LogP contribution in [-0.2, 0) is 19.1 Å². The normalized spacial score (nSPS) is 16.0. The lowest BCUT2D eigenvalue weighted by atomic mass is 9.83. The summed E-state index contributed by atoms with van der Waals surface area (Å²) in [5.41, 5.74) is 6.60. The van der Waals surface area contributed by atoms with Gasteiger partial charge in [-0.2, -0.15) is 5.26 Å². The Morgan fingerprint density at radius 3 is 2.55 bits per heavy atom. The Hall–Kier alpha value is -3.67. The molecule has 1 unspecified atom stereocenters. The Morgan fingerprint density at radius 1 is 1.24 bits per heavy atom. The first-order valence-electron chi connectivity index (χ1n) is 8.90. The first kappa shape index (κ1) is 21.6. The van der Waals surface area contributed by atoms with Gasteiger partial charge < -0.3 is 29.8 Å². The molecule has 0 spiro atoms. The average Bonchev–Trinajstić information content (AvgIpc) is 2.66. The zero-order chi connectivity index (χ0) is 21.6. The molecule has 1 aromatic carbocycles. The van der Waals surface area contributed by atoms with E-state index in [9.17, 15) is 14.9 Å². The first-order chi connectivity index (χ1) is 13.8. The number of aliphatic carboxylic acids is 1. The molecule has 0 saturated heterocycles. The number of carboxylic acid groups (broad SMARTS) is 1. The maximum atomic E-state index is 12.6. The summed E-state index contributed by atoms with van der Waals surface area (Å²) in [6, 6.07) is 6.69. The minimum atomic E-state index is -1.13. The Bertz CT molecular complexity index is 912. The Labute approximate surface area is 167 Å². The third-order valence-corrected chi connectivity index (χ3v) is 4.05. The van der Waals surface area contributed by atoms with Gasteiger partial charge in [0.1, 0.15) is 17.4 Å². The van der Waals surface area contributed by atoms with Gasteiger partial charge >= 0.3 is 11.9 Å². The number of nitriles is 1. The van der Waals surface area contributed by atoms with Gasteiger partial charge in [-0.3, -0.25) is 0 Å². The lowest BCUT2D eigenvalue weighted by molar-refractivity contribution is -0.140. The zero-order valence-corrected chi connectivity index (χ0v) is 16.4. The second-order valence-corrected chi connectivity index (χ2v) is 5.94. The lowest BCUT2D eigenvalue weighted by Gasteiger charge is -2.27. The van der Waals surface area contributed by atoms with Gasteiger partial charge in [0.2, 0.25) is 5.88 Å². The molecule has 1 aromatic rings. The molecule has 154 valence electrons. The van der Waals surface area contributed by atoms with Crippen molar-refractivity contribution in [2.24, 2.45) is 5.73 Å². The highest BCUT2D eigenvalue weighted by Gasteiger charge is 2.36. The molecule has 9 nitrogen and oxygen atoms in total. The number of nitrogens with two attached hydrogens (primary N) is 1. The summed E-state index contributed by atoms with van der Waals surface area (Å²) in [5, 5.41) is 18.4. The van der Waals surface area contributed by atoms with Crippen molar-refractivity contribution in [2.45, 2.75) is 26.7 Å². The Morgan fingerprint density at radius 2 is 1.97 bits per heavy atom. The SMILES string of the molecule is CCOC(=O)C1=C(C)OC(N)=C(C#N)C1c1ccc(OCC(=O)O)c(OCC)c1. The Balaban J connectivity index is 2.58. The van der Waals surface area contributed by atoms with E-state index in [-0.39, 0.29) is 40.9 Å². The van der Waals surface area contributed by atoms with Crippen molar-refractivity contribution < 1.29 is 33.6 Å². The summed E-state index contributed by atoms with van der Waals surface area (Å²) in [5.74, 6) is -1.97. The van der Waals surface area contributed by atoms with Crippen molar-refractivity contribution in [3.05, 3.63) is 46.6 Å². The third kappa shape index (κ3) is 4.79. The molecular formula is C20H22N2O7. The molecule has 0 aromatic heterocycles. The summed E-state index contributed by atoms with van der Waals surface area (Å²) in [7, 11) is 0. The highest BCUT2D eigenvalue weighted by molar-refractivity contribution is 5.92.